The van der Waals surface area contributed by atoms with Gasteiger partial charge in [0.25, 0.3) is 0 Å². The summed E-state index contributed by atoms with van der Waals surface area (Å²) in [5, 5.41) is 0. The Morgan fingerprint density at radius 1 is 1.31 bits per heavy atom. The summed E-state index contributed by atoms with van der Waals surface area (Å²) in [7, 11) is 0. The summed E-state index contributed by atoms with van der Waals surface area (Å²) in [6, 6.07) is 5.21. The first-order valence-electron chi connectivity index (χ1n) is 6.73. The van der Waals surface area contributed by atoms with Crippen molar-refractivity contribution in [3.8, 4) is 0 Å². The van der Waals surface area contributed by atoms with Crippen molar-refractivity contribution in [2.24, 2.45) is 0 Å². The maximum absolute atomic E-state index is 2.68. The van der Waals surface area contributed by atoms with Crippen molar-refractivity contribution in [3.05, 3.63) is 24.0 Å². The standard InChI is InChI=1S/C14H24N2/c1-3-9-15(10-4-2)14-8-7-13-6-5-11-16(13)12-14/h5-6,11,14H,3-4,7-10,12H2,1-2H3. The maximum Gasteiger partial charge on any atom is 0.0378 e. The minimum absolute atomic E-state index is 0.764. The van der Waals surface area contributed by atoms with E-state index in [1.807, 2.05) is 0 Å². The van der Waals surface area contributed by atoms with Gasteiger partial charge in [0.1, 0.15) is 0 Å². The molecule has 1 aliphatic rings. The zero-order valence-electron chi connectivity index (χ0n) is 10.7. The van der Waals surface area contributed by atoms with Crippen LogP contribution in [-0.2, 0) is 13.0 Å². The first kappa shape index (κ1) is 11.7. The lowest BCUT2D eigenvalue weighted by molar-refractivity contribution is 0.157. The van der Waals surface area contributed by atoms with Crippen LogP contribution in [0, 0.1) is 0 Å². The first-order valence-corrected chi connectivity index (χ1v) is 6.73. The SMILES string of the molecule is CCCN(CCC)C1CCc2cccn2C1. The van der Waals surface area contributed by atoms with Gasteiger partial charge in [-0.15, -0.1) is 0 Å². The molecule has 2 heterocycles. The Morgan fingerprint density at radius 3 is 2.75 bits per heavy atom. The number of aromatic nitrogens is 1. The predicted molar refractivity (Wildman–Crippen MR) is 68.7 cm³/mol. The minimum Gasteiger partial charge on any atom is -0.350 e. The lowest BCUT2D eigenvalue weighted by Crippen LogP contribution is -2.42. The molecule has 90 valence electrons. The van der Waals surface area contributed by atoms with Crippen LogP contribution in [0.5, 0.6) is 0 Å². The molecule has 0 saturated heterocycles. The molecule has 0 N–H and O–H groups in total. The van der Waals surface area contributed by atoms with E-state index >= 15 is 0 Å². The Kier molecular flexibility index (Phi) is 4.05. The number of hydrogen-bond donors (Lipinski definition) is 0. The van der Waals surface area contributed by atoms with E-state index in [0.29, 0.717) is 0 Å². The van der Waals surface area contributed by atoms with E-state index in [1.165, 1.54) is 51.0 Å². The van der Waals surface area contributed by atoms with Crippen molar-refractivity contribution in [2.45, 2.75) is 52.1 Å². The van der Waals surface area contributed by atoms with Crippen LogP contribution in [0.25, 0.3) is 0 Å². The molecule has 1 aromatic rings. The Morgan fingerprint density at radius 2 is 2.06 bits per heavy atom. The summed E-state index contributed by atoms with van der Waals surface area (Å²) in [6.45, 7) is 8.28. The van der Waals surface area contributed by atoms with E-state index in [2.05, 4.69) is 41.6 Å². The first-order chi connectivity index (χ1) is 7.85. The average Bonchev–Trinajstić information content (AvgIpc) is 2.75. The zero-order chi connectivity index (χ0) is 11.4. The van der Waals surface area contributed by atoms with Crippen molar-refractivity contribution >= 4 is 0 Å². The summed E-state index contributed by atoms with van der Waals surface area (Å²) in [5.41, 5.74) is 1.52. The van der Waals surface area contributed by atoms with E-state index in [1.54, 1.807) is 0 Å². The van der Waals surface area contributed by atoms with Crippen LogP contribution in [0.4, 0.5) is 0 Å². The van der Waals surface area contributed by atoms with Gasteiger partial charge in [-0.25, -0.2) is 0 Å². The largest absolute Gasteiger partial charge is 0.350 e. The highest BCUT2D eigenvalue weighted by Crippen LogP contribution is 2.20. The summed E-state index contributed by atoms with van der Waals surface area (Å²) >= 11 is 0. The molecule has 2 rings (SSSR count). The molecule has 0 amide bonds. The number of hydrogen-bond acceptors (Lipinski definition) is 1. The number of aryl methyl sites for hydroxylation is 1. The number of rotatable bonds is 5. The Labute approximate surface area is 99.3 Å². The second-order valence-corrected chi connectivity index (χ2v) is 4.88. The molecule has 0 aliphatic carbocycles. The van der Waals surface area contributed by atoms with Gasteiger partial charge in [-0.3, -0.25) is 4.90 Å². The number of fused-ring (bicyclic) bond motifs is 1. The normalized spacial score (nSPS) is 20.1. The van der Waals surface area contributed by atoms with Gasteiger partial charge in [0.15, 0.2) is 0 Å². The average molecular weight is 220 g/mol. The van der Waals surface area contributed by atoms with Crippen LogP contribution in [-0.4, -0.2) is 28.6 Å². The van der Waals surface area contributed by atoms with Gasteiger partial charge in [-0.1, -0.05) is 13.8 Å². The molecule has 0 spiro atoms. The topological polar surface area (TPSA) is 8.17 Å². The minimum atomic E-state index is 0.764. The van der Waals surface area contributed by atoms with Crippen molar-refractivity contribution in [1.82, 2.24) is 9.47 Å². The van der Waals surface area contributed by atoms with Crippen LogP contribution in [0.1, 0.15) is 38.8 Å². The molecule has 0 radical (unpaired) electrons. The molecule has 0 aromatic carbocycles. The van der Waals surface area contributed by atoms with Gasteiger partial charge in [0.05, 0.1) is 0 Å². The molecule has 1 atom stereocenters. The van der Waals surface area contributed by atoms with E-state index < -0.39 is 0 Å². The van der Waals surface area contributed by atoms with Gasteiger partial charge < -0.3 is 4.57 Å². The molecule has 1 aliphatic heterocycles. The smallest absolute Gasteiger partial charge is 0.0378 e. The highest BCUT2D eigenvalue weighted by molar-refractivity contribution is 5.10. The summed E-state index contributed by atoms with van der Waals surface area (Å²) in [4.78, 5) is 2.68. The zero-order valence-corrected chi connectivity index (χ0v) is 10.7. The quantitative estimate of drug-likeness (QED) is 0.740. The Balaban J connectivity index is 2.00. The molecule has 0 fully saturated rings. The lowest BCUT2D eigenvalue weighted by atomic mass is 10.0. The molecular formula is C14H24N2. The van der Waals surface area contributed by atoms with Gasteiger partial charge in [0, 0.05) is 24.5 Å². The highest BCUT2D eigenvalue weighted by Gasteiger charge is 2.22. The lowest BCUT2D eigenvalue weighted by Gasteiger charge is -2.35. The van der Waals surface area contributed by atoms with E-state index in [-0.39, 0.29) is 0 Å². The Bertz CT molecular complexity index is 310. The Hall–Kier alpha value is -0.760. The molecule has 2 heteroatoms. The van der Waals surface area contributed by atoms with Gasteiger partial charge >= 0.3 is 0 Å². The molecule has 0 bridgehead atoms. The van der Waals surface area contributed by atoms with E-state index in [9.17, 15) is 0 Å². The highest BCUT2D eigenvalue weighted by atomic mass is 15.2. The van der Waals surface area contributed by atoms with Crippen molar-refractivity contribution in [2.75, 3.05) is 13.1 Å². The van der Waals surface area contributed by atoms with E-state index in [4.69, 9.17) is 0 Å². The monoisotopic (exact) mass is 220 g/mol. The molecule has 0 saturated carbocycles. The van der Waals surface area contributed by atoms with Crippen molar-refractivity contribution < 1.29 is 0 Å². The second kappa shape index (κ2) is 5.53. The fraction of sp³-hybridized carbons (Fsp3) is 0.714. The third-order valence-electron chi connectivity index (χ3n) is 3.60. The molecule has 2 nitrogen and oxygen atoms in total. The third kappa shape index (κ3) is 2.49. The van der Waals surface area contributed by atoms with Gasteiger partial charge in [-0.05, 0) is 50.9 Å². The fourth-order valence-corrected chi connectivity index (χ4v) is 2.84. The molecule has 1 unspecified atom stereocenters. The fourth-order valence-electron chi connectivity index (χ4n) is 2.84. The summed E-state index contributed by atoms with van der Waals surface area (Å²) in [6.07, 6.45) is 7.37. The third-order valence-corrected chi connectivity index (χ3v) is 3.60. The summed E-state index contributed by atoms with van der Waals surface area (Å²) < 4.78 is 2.44. The van der Waals surface area contributed by atoms with Crippen molar-refractivity contribution in [3.63, 3.8) is 0 Å². The second-order valence-electron chi connectivity index (χ2n) is 4.88. The van der Waals surface area contributed by atoms with Crippen molar-refractivity contribution in [1.29, 1.82) is 0 Å². The van der Waals surface area contributed by atoms with Gasteiger partial charge in [0.2, 0.25) is 0 Å². The summed E-state index contributed by atoms with van der Waals surface area (Å²) in [5.74, 6) is 0. The van der Waals surface area contributed by atoms with Crippen LogP contribution < -0.4 is 0 Å². The van der Waals surface area contributed by atoms with Crippen LogP contribution >= 0.6 is 0 Å². The van der Waals surface area contributed by atoms with Crippen LogP contribution in [0.2, 0.25) is 0 Å². The van der Waals surface area contributed by atoms with E-state index in [0.717, 1.165) is 6.04 Å². The van der Waals surface area contributed by atoms with Gasteiger partial charge in [-0.2, -0.15) is 0 Å². The number of nitrogens with zero attached hydrogens (tertiary/aromatic N) is 2. The molecule has 1 aromatic heterocycles. The predicted octanol–water partition coefficient (Wildman–Crippen LogP) is 2.92. The van der Waals surface area contributed by atoms with Crippen LogP contribution in [0.15, 0.2) is 18.3 Å². The molecular weight excluding hydrogens is 196 g/mol. The molecule has 16 heavy (non-hydrogen) atoms. The van der Waals surface area contributed by atoms with Crippen LogP contribution in [0.3, 0.4) is 0 Å². The maximum atomic E-state index is 2.68.